The number of guanidine groups is 1. The van der Waals surface area contributed by atoms with E-state index in [1.54, 1.807) is 32.3 Å². The fraction of sp³-hybridized carbons (Fsp3) is 0.579. The van der Waals surface area contributed by atoms with Crippen molar-refractivity contribution < 1.29 is 13.9 Å². The maximum absolute atomic E-state index is 13.7. The van der Waals surface area contributed by atoms with Crippen molar-refractivity contribution in [2.24, 2.45) is 10.9 Å². The summed E-state index contributed by atoms with van der Waals surface area (Å²) >= 11 is 0. The number of amides is 1. The Morgan fingerprint density at radius 1 is 1.37 bits per heavy atom. The highest BCUT2D eigenvalue weighted by Gasteiger charge is 2.23. The first-order valence-electron chi connectivity index (χ1n) is 9.10. The van der Waals surface area contributed by atoms with Gasteiger partial charge in [-0.05, 0) is 37.8 Å². The Bertz CT molecular complexity index is 621. The molecule has 0 aliphatic carbocycles. The number of carbonyl (C=O) groups is 1. The van der Waals surface area contributed by atoms with Crippen LogP contribution in [0.25, 0.3) is 0 Å². The van der Waals surface area contributed by atoms with Crippen molar-refractivity contribution in [3.05, 3.63) is 30.1 Å². The number of benzene rings is 1. The number of carbonyl (C=O) groups excluding carboxylic acids is 1. The fourth-order valence-electron chi connectivity index (χ4n) is 3.08. The van der Waals surface area contributed by atoms with Gasteiger partial charge in [-0.15, -0.1) is 24.0 Å². The van der Waals surface area contributed by atoms with Crippen LogP contribution in [-0.2, 0) is 4.79 Å². The standard InChI is InChI=1S/C19H29FN4O2.HI/c1-14(26-17-7-5-4-6-16(17)20)13-23-19(22-3)24-10-8-15(9-11-24)12-18(25)21-2;/h4-7,14-15H,8-13H2,1-3H3,(H,21,25)(H,22,23);1H. The molecule has 2 N–H and O–H groups in total. The Balaban J connectivity index is 0.00000364. The molecule has 6 nitrogen and oxygen atoms in total. The Kier molecular flexibility index (Phi) is 10.4. The van der Waals surface area contributed by atoms with E-state index in [0.717, 1.165) is 31.9 Å². The lowest BCUT2D eigenvalue weighted by Crippen LogP contribution is -2.48. The molecular weight excluding hydrogens is 462 g/mol. The molecule has 8 heteroatoms. The molecule has 1 amide bonds. The fourth-order valence-corrected chi connectivity index (χ4v) is 3.08. The van der Waals surface area contributed by atoms with Crippen molar-refractivity contribution in [2.45, 2.75) is 32.3 Å². The van der Waals surface area contributed by atoms with Crippen LogP contribution in [0, 0.1) is 11.7 Å². The SMILES string of the molecule is CN=C(NCC(C)Oc1ccccc1F)N1CCC(CC(=O)NC)CC1.I. The van der Waals surface area contributed by atoms with E-state index in [4.69, 9.17) is 4.74 Å². The van der Waals surface area contributed by atoms with E-state index in [-0.39, 0.29) is 47.6 Å². The number of hydrogen-bond acceptors (Lipinski definition) is 3. The predicted molar refractivity (Wildman–Crippen MR) is 116 cm³/mol. The molecule has 1 fully saturated rings. The Morgan fingerprint density at radius 2 is 2.04 bits per heavy atom. The maximum Gasteiger partial charge on any atom is 0.220 e. The van der Waals surface area contributed by atoms with Crippen LogP contribution >= 0.6 is 24.0 Å². The number of hydrogen-bond donors (Lipinski definition) is 2. The highest BCUT2D eigenvalue weighted by molar-refractivity contribution is 14.0. The minimum absolute atomic E-state index is 0. The molecule has 2 rings (SSSR count). The summed E-state index contributed by atoms with van der Waals surface area (Å²) in [5, 5.41) is 5.98. The molecule has 1 aromatic rings. The number of para-hydroxylation sites is 1. The van der Waals surface area contributed by atoms with Gasteiger partial charge in [0.05, 0.1) is 6.54 Å². The number of rotatable bonds is 6. The lowest BCUT2D eigenvalue weighted by molar-refractivity contribution is -0.121. The first-order chi connectivity index (χ1) is 12.5. The number of halogens is 2. The zero-order valence-electron chi connectivity index (χ0n) is 16.2. The second-order valence-corrected chi connectivity index (χ2v) is 6.59. The summed E-state index contributed by atoms with van der Waals surface area (Å²) in [6.07, 6.45) is 2.32. The molecule has 0 spiro atoms. The molecule has 0 bridgehead atoms. The van der Waals surface area contributed by atoms with Crippen molar-refractivity contribution in [2.75, 3.05) is 33.7 Å². The van der Waals surface area contributed by atoms with Gasteiger partial charge in [0.2, 0.25) is 5.91 Å². The van der Waals surface area contributed by atoms with Crippen LogP contribution in [-0.4, -0.2) is 56.6 Å². The zero-order chi connectivity index (χ0) is 18.9. The second-order valence-electron chi connectivity index (χ2n) is 6.59. The van der Waals surface area contributed by atoms with Gasteiger partial charge in [-0.3, -0.25) is 9.79 Å². The van der Waals surface area contributed by atoms with Gasteiger partial charge in [0.15, 0.2) is 17.5 Å². The molecule has 27 heavy (non-hydrogen) atoms. The van der Waals surface area contributed by atoms with Gasteiger partial charge < -0.3 is 20.3 Å². The summed E-state index contributed by atoms with van der Waals surface area (Å²) in [5.41, 5.74) is 0. The van der Waals surface area contributed by atoms with Gasteiger partial charge in [-0.1, -0.05) is 12.1 Å². The van der Waals surface area contributed by atoms with Crippen LogP contribution in [0.4, 0.5) is 4.39 Å². The normalized spacial score (nSPS) is 16.3. The first kappa shape index (κ1) is 23.5. The van der Waals surface area contributed by atoms with Gasteiger partial charge in [-0.25, -0.2) is 4.39 Å². The number of likely N-dealkylation sites (tertiary alicyclic amines) is 1. The van der Waals surface area contributed by atoms with Crippen molar-refractivity contribution in [3.8, 4) is 5.75 Å². The van der Waals surface area contributed by atoms with Gasteiger partial charge in [0.25, 0.3) is 0 Å². The molecule has 0 saturated carbocycles. The minimum atomic E-state index is -0.359. The molecule has 1 aliphatic heterocycles. The van der Waals surface area contributed by atoms with Crippen LogP contribution in [0.2, 0.25) is 0 Å². The number of piperidine rings is 1. The average molecular weight is 492 g/mol. The van der Waals surface area contributed by atoms with Gasteiger partial charge >= 0.3 is 0 Å². The number of nitrogens with one attached hydrogen (secondary N) is 2. The molecule has 1 saturated heterocycles. The monoisotopic (exact) mass is 492 g/mol. The van der Waals surface area contributed by atoms with Gasteiger partial charge in [0, 0.05) is 33.6 Å². The van der Waals surface area contributed by atoms with Crippen molar-refractivity contribution in [3.63, 3.8) is 0 Å². The third-order valence-electron chi connectivity index (χ3n) is 4.59. The Hall–Kier alpha value is -1.58. The van der Waals surface area contributed by atoms with E-state index < -0.39 is 0 Å². The molecule has 1 atom stereocenters. The number of nitrogens with zero attached hydrogens (tertiary/aromatic N) is 2. The largest absolute Gasteiger partial charge is 0.486 e. The average Bonchev–Trinajstić information content (AvgIpc) is 2.65. The molecular formula is C19H30FIN4O2. The third kappa shape index (κ3) is 7.51. The molecule has 1 aliphatic rings. The predicted octanol–water partition coefficient (Wildman–Crippen LogP) is 2.63. The van der Waals surface area contributed by atoms with Crippen molar-refractivity contribution in [1.82, 2.24) is 15.5 Å². The number of ether oxygens (including phenoxy) is 1. The van der Waals surface area contributed by atoms with Crippen LogP contribution in [0.3, 0.4) is 0 Å². The van der Waals surface area contributed by atoms with Crippen LogP contribution in [0.1, 0.15) is 26.2 Å². The molecule has 1 heterocycles. The van der Waals surface area contributed by atoms with Gasteiger partial charge in [-0.2, -0.15) is 0 Å². The summed E-state index contributed by atoms with van der Waals surface area (Å²) in [6.45, 7) is 4.15. The quantitative estimate of drug-likeness (QED) is 0.364. The Morgan fingerprint density at radius 3 is 2.63 bits per heavy atom. The van der Waals surface area contributed by atoms with Crippen LogP contribution in [0.15, 0.2) is 29.3 Å². The van der Waals surface area contributed by atoms with Crippen molar-refractivity contribution >= 4 is 35.8 Å². The second kappa shape index (κ2) is 12.0. The molecule has 0 aromatic heterocycles. The zero-order valence-corrected chi connectivity index (χ0v) is 18.5. The summed E-state index contributed by atoms with van der Waals surface area (Å²) in [4.78, 5) is 18.0. The topological polar surface area (TPSA) is 66.0 Å². The Labute approximate surface area is 178 Å². The van der Waals surface area contributed by atoms with E-state index in [9.17, 15) is 9.18 Å². The summed E-state index contributed by atoms with van der Waals surface area (Å²) < 4.78 is 19.3. The molecule has 152 valence electrons. The van der Waals surface area contributed by atoms with Crippen LogP contribution < -0.4 is 15.4 Å². The van der Waals surface area contributed by atoms with Crippen LogP contribution in [0.5, 0.6) is 5.75 Å². The first-order valence-corrected chi connectivity index (χ1v) is 9.10. The third-order valence-corrected chi connectivity index (χ3v) is 4.59. The highest BCUT2D eigenvalue weighted by Crippen LogP contribution is 2.20. The smallest absolute Gasteiger partial charge is 0.220 e. The van der Waals surface area contributed by atoms with E-state index >= 15 is 0 Å². The van der Waals surface area contributed by atoms with E-state index in [0.29, 0.717) is 18.9 Å². The van der Waals surface area contributed by atoms with E-state index in [1.165, 1.54) is 6.07 Å². The maximum atomic E-state index is 13.7. The molecule has 1 unspecified atom stereocenters. The van der Waals surface area contributed by atoms with Crippen molar-refractivity contribution in [1.29, 1.82) is 0 Å². The highest BCUT2D eigenvalue weighted by atomic mass is 127. The molecule has 1 aromatic carbocycles. The van der Waals surface area contributed by atoms with E-state index in [2.05, 4.69) is 20.5 Å². The molecule has 0 radical (unpaired) electrons. The van der Waals surface area contributed by atoms with Gasteiger partial charge in [0.1, 0.15) is 6.10 Å². The lowest BCUT2D eigenvalue weighted by atomic mass is 9.93. The van der Waals surface area contributed by atoms with E-state index in [1.807, 2.05) is 6.92 Å². The summed E-state index contributed by atoms with van der Waals surface area (Å²) in [6, 6.07) is 6.40. The summed E-state index contributed by atoms with van der Waals surface area (Å²) in [5.74, 6) is 1.23. The summed E-state index contributed by atoms with van der Waals surface area (Å²) in [7, 11) is 3.43. The lowest BCUT2D eigenvalue weighted by Gasteiger charge is -2.34. The number of aliphatic imine (C=N–C) groups is 1. The minimum Gasteiger partial charge on any atom is -0.486 e.